The smallest absolute Gasteiger partial charge is 0.255 e. The number of nitrogens with one attached hydrogen (secondary N) is 1. The minimum atomic E-state index is -3.08. The van der Waals surface area contributed by atoms with Gasteiger partial charge >= 0.3 is 0 Å². The molecule has 0 aliphatic carbocycles. The zero-order valence-corrected chi connectivity index (χ0v) is 13.9. The van der Waals surface area contributed by atoms with Gasteiger partial charge in [0.25, 0.3) is 5.91 Å². The molecule has 24 heavy (non-hydrogen) atoms. The van der Waals surface area contributed by atoms with Crippen LogP contribution < -0.4 is 0 Å². The van der Waals surface area contributed by atoms with Gasteiger partial charge in [-0.2, -0.15) is 5.10 Å². The second-order valence-corrected chi connectivity index (χ2v) is 7.91. The Bertz CT molecular complexity index is 846. The molecule has 0 saturated carbocycles. The van der Waals surface area contributed by atoms with Crippen molar-refractivity contribution in [3.63, 3.8) is 0 Å². The SMILES string of the molecule is C=CCN(C(=O)c1ccccc1-c1ncn[nH]1)C1CCS(=O)(=O)C1. The number of carbonyl (C=O) groups excluding carboxylic acids is 1. The second kappa shape index (κ2) is 6.56. The number of H-pyrrole nitrogens is 1. The molecule has 1 amide bonds. The highest BCUT2D eigenvalue weighted by atomic mass is 32.2. The number of carbonyl (C=O) groups is 1. The van der Waals surface area contributed by atoms with Gasteiger partial charge in [0.2, 0.25) is 0 Å². The Morgan fingerprint density at radius 3 is 2.83 bits per heavy atom. The van der Waals surface area contributed by atoms with Crippen molar-refractivity contribution in [3.05, 3.63) is 48.8 Å². The van der Waals surface area contributed by atoms with E-state index in [0.29, 0.717) is 29.9 Å². The minimum Gasteiger partial charge on any atom is -0.331 e. The maximum absolute atomic E-state index is 13.1. The fourth-order valence-corrected chi connectivity index (χ4v) is 4.65. The van der Waals surface area contributed by atoms with Crippen LogP contribution in [-0.2, 0) is 9.84 Å². The first-order valence-electron chi connectivity index (χ1n) is 7.59. The van der Waals surface area contributed by atoms with Gasteiger partial charge in [0, 0.05) is 18.2 Å². The molecule has 126 valence electrons. The van der Waals surface area contributed by atoms with E-state index in [1.54, 1.807) is 29.2 Å². The van der Waals surface area contributed by atoms with E-state index >= 15 is 0 Å². The summed E-state index contributed by atoms with van der Waals surface area (Å²) in [7, 11) is -3.08. The van der Waals surface area contributed by atoms with E-state index in [9.17, 15) is 13.2 Å². The molecule has 3 rings (SSSR count). The molecule has 1 saturated heterocycles. The fourth-order valence-electron chi connectivity index (χ4n) is 2.92. The Kier molecular flexibility index (Phi) is 4.48. The van der Waals surface area contributed by atoms with Gasteiger partial charge in [-0.25, -0.2) is 13.4 Å². The number of aromatic nitrogens is 3. The summed E-state index contributed by atoms with van der Waals surface area (Å²) >= 11 is 0. The predicted molar refractivity (Wildman–Crippen MR) is 90.1 cm³/mol. The number of amides is 1. The average molecular weight is 346 g/mol. The van der Waals surface area contributed by atoms with Crippen LogP contribution >= 0.6 is 0 Å². The van der Waals surface area contributed by atoms with E-state index in [0.717, 1.165) is 0 Å². The lowest BCUT2D eigenvalue weighted by Gasteiger charge is -2.27. The largest absolute Gasteiger partial charge is 0.331 e. The number of hydrogen-bond acceptors (Lipinski definition) is 5. The van der Waals surface area contributed by atoms with Gasteiger partial charge in [0.05, 0.1) is 17.1 Å². The molecule has 1 unspecified atom stereocenters. The van der Waals surface area contributed by atoms with Crippen LogP contribution in [0, 0.1) is 0 Å². The number of sulfone groups is 1. The van der Waals surface area contributed by atoms with Gasteiger partial charge in [0.15, 0.2) is 15.7 Å². The lowest BCUT2D eigenvalue weighted by Crippen LogP contribution is -2.41. The van der Waals surface area contributed by atoms with Gasteiger partial charge in [-0.3, -0.25) is 9.89 Å². The normalized spacial score (nSPS) is 19.1. The highest BCUT2D eigenvalue weighted by molar-refractivity contribution is 7.91. The van der Waals surface area contributed by atoms with Gasteiger partial charge in [-0.05, 0) is 12.5 Å². The minimum absolute atomic E-state index is 0.00292. The van der Waals surface area contributed by atoms with Crippen LogP contribution in [-0.4, -0.2) is 58.5 Å². The van der Waals surface area contributed by atoms with Crippen molar-refractivity contribution < 1.29 is 13.2 Å². The lowest BCUT2D eigenvalue weighted by atomic mass is 10.0. The zero-order chi connectivity index (χ0) is 17.2. The van der Waals surface area contributed by atoms with Crippen molar-refractivity contribution in [3.8, 4) is 11.4 Å². The van der Waals surface area contributed by atoms with Crippen LogP contribution in [0.4, 0.5) is 0 Å². The molecule has 2 aromatic rings. The summed E-state index contributed by atoms with van der Waals surface area (Å²) in [6, 6.07) is 6.74. The summed E-state index contributed by atoms with van der Waals surface area (Å²) in [5.41, 5.74) is 1.09. The van der Waals surface area contributed by atoms with E-state index in [1.807, 2.05) is 6.07 Å². The molecule has 1 aromatic heterocycles. The summed E-state index contributed by atoms with van der Waals surface area (Å²) in [6.07, 6.45) is 3.44. The van der Waals surface area contributed by atoms with Crippen molar-refractivity contribution in [1.29, 1.82) is 0 Å². The molecule has 2 heterocycles. The van der Waals surface area contributed by atoms with Gasteiger partial charge in [-0.1, -0.05) is 24.3 Å². The maximum atomic E-state index is 13.1. The van der Waals surface area contributed by atoms with E-state index in [-0.39, 0.29) is 23.5 Å². The number of rotatable bonds is 5. The highest BCUT2D eigenvalue weighted by Crippen LogP contribution is 2.25. The molecule has 0 spiro atoms. The molecule has 1 N–H and O–H groups in total. The van der Waals surface area contributed by atoms with Crippen molar-refractivity contribution in [2.45, 2.75) is 12.5 Å². The third-order valence-electron chi connectivity index (χ3n) is 4.06. The first-order chi connectivity index (χ1) is 11.5. The van der Waals surface area contributed by atoms with E-state index < -0.39 is 9.84 Å². The van der Waals surface area contributed by atoms with E-state index in [4.69, 9.17) is 0 Å². The lowest BCUT2D eigenvalue weighted by molar-refractivity contribution is 0.0721. The topological polar surface area (TPSA) is 96.0 Å². The molecular weight excluding hydrogens is 328 g/mol. The molecule has 1 aromatic carbocycles. The number of aromatic amines is 1. The van der Waals surface area contributed by atoms with Crippen LogP contribution in [0.25, 0.3) is 11.4 Å². The van der Waals surface area contributed by atoms with Crippen LogP contribution in [0.15, 0.2) is 43.2 Å². The second-order valence-electron chi connectivity index (χ2n) is 5.68. The number of benzene rings is 1. The van der Waals surface area contributed by atoms with Crippen molar-refractivity contribution in [2.75, 3.05) is 18.1 Å². The van der Waals surface area contributed by atoms with Crippen molar-refractivity contribution >= 4 is 15.7 Å². The Labute approximate surface area is 140 Å². The van der Waals surface area contributed by atoms with Crippen LogP contribution in [0.5, 0.6) is 0 Å². The fraction of sp³-hybridized carbons (Fsp3) is 0.312. The molecule has 7 nitrogen and oxygen atoms in total. The third kappa shape index (κ3) is 3.23. The molecule has 8 heteroatoms. The monoisotopic (exact) mass is 346 g/mol. The summed E-state index contributed by atoms with van der Waals surface area (Å²) in [5.74, 6) is 0.375. The Morgan fingerprint density at radius 2 is 2.21 bits per heavy atom. The van der Waals surface area contributed by atoms with Crippen LogP contribution in [0.1, 0.15) is 16.8 Å². The van der Waals surface area contributed by atoms with Gasteiger partial charge in [0.1, 0.15) is 6.33 Å². The van der Waals surface area contributed by atoms with E-state index in [1.165, 1.54) is 6.33 Å². The molecule has 1 aliphatic heterocycles. The Balaban J connectivity index is 1.96. The van der Waals surface area contributed by atoms with Crippen molar-refractivity contribution in [2.24, 2.45) is 0 Å². The molecule has 0 radical (unpaired) electrons. The Morgan fingerprint density at radius 1 is 1.42 bits per heavy atom. The average Bonchev–Trinajstić information content (AvgIpc) is 3.21. The zero-order valence-electron chi connectivity index (χ0n) is 13.1. The molecule has 0 bridgehead atoms. The maximum Gasteiger partial charge on any atom is 0.255 e. The van der Waals surface area contributed by atoms with E-state index in [2.05, 4.69) is 21.8 Å². The van der Waals surface area contributed by atoms with Crippen LogP contribution in [0.3, 0.4) is 0 Å². The summed E-state index contributed by atoms with van der Waals surface area (Å²) in [4.78, 5) is 18.7. The summed E-state index contributed by atoms with van der Waals surface area (Å²) < 4.78 is 23.6. The standard InChI is InChI=1S/C16H18N4O3S/c1-2-8-20(12-7-9-24(22,23)10-12)16(21)14-6-4-3-5-13(14)15-17-11-18-19-15/h2-6,11-12H,1,7-10H2,(H,17,18,19). The first-order valence-corrected chi connectivity index (χ1v) is 9.41. The molecule has 1 atom stereocenters. The molecular formula is C16H18N4O3S. The van der Waals surface area contributed by atoms with Crippen LogP contribution in [0.2, 0.25) is 0 Å². The number of hydrogen-bond donors (Lipinski definition) is 1. The third-order valence-corrected chi connectivity index (χ3v) is 5.81. The predicted octanol–water partition coefficient (Wildman–Crippen LogP) is 1.29. The van der Waals surface area contributed by atoms with Crippen molar-refractivity contribution in [1.82, 2.24) is 20.1 Å². The quantitative estimate of drug-likeness (QED) is 0.823. The number of nitrogens with zero attached hydrogens (tertiary/aromatic N) is 3. The summed E-state index contributed by atoms with van der Waals surface area (Å²) in [5, 5.41) is 6.57. The summed E-state index contributed by atoms with van der Waals surface area (Å²) in [6.45, 7) is 3.98. The van der Waals surface area contributed by atoms with Gasteiger partial charge < -0.3 is 4.90 Å². The Hall–Kier alpha value is -2.48. The highest BCUT2D eigenvalue weighted by Gasteiger charge is 2.35. The molecule has 1 aliphatic rings. The molecule has 1 fully saturated rings. The first kappa shape index (κ1) is 16.4. The van der Waals surface area contributed by atoms with Gasteiger partial charge in [-0.15, -0.1) is 6.58 Å².